The van der Waals surface area contributed by atoms with Gasteiger partial charge in [0.2, 0.25) is 0 Å². The molecule has 2 aliphatic carbocycles. The van der Waals surface area contributed by atoms with E-state index < -0.39 is 5.60 Å². The Morgan fingerprint density at radius 2 is 1.41 bits per heavy atom. The van der Waals surface area contributed by atoms with Crippen LogP contribution in [-0.2, 0) is 26.6 Å². The fourth-order valence-corrected chi connectivity index (χ4v) is 3.22. The Morgan fingerprint density at radius 1 is 0.889 bits per heavy atom. The molecule has 0 N–H and O–H groups in total. The minimum atomic E-state index is -0.811. The van der Waals surface area contributed by atoms with Crippen molar-refractivity contribution in [2.45, 2.75) is 18.6 Å². The second kappa shape index (κ2) is 9.95. The summed E-state index contributed by atoms with van der Waals surface area (Å²) in [4.78, 5) is 14.3. The van der Waals surface area contributed by atoms with Gasteiger partial charge in [0.25, 0.3) is 5.91 Å². The van der Waals surface area contributed by atoms with E-state index in [9.17, 15) is 4.79 Å². The summed E-state index contributed by atoms with van der Waals surface area (Å²) >= 11 is 0. The molecule has 1 aromatic rings. The number of ether oxygens (including phenoxy) is 2. The molecule has 1 saturated heterocycles. The van der Waals surface area contributed by atoms with Crippen molar-refractivity contribution < 1.29 is 31.3 Å². The fourth-order valence-electron chi connectivity index (χ4n) is 3.22. The Hall–Kier alpha value is -1.03. The summed E-state index contributed by atoms with van der Waals surface area (Å²) < 4.78 is 10.7. The standard InChI is InChI=1S/C17H18NO3.C5H5.Fe/c1-17(21-3)15(12-6-4-5-7-12)18(16(17)19)13-8-10-14(20-2)11-9-13;1-2-4-5-3-1;/h4-11,15H,1-3H3;1-5H;/q;;+2/t15-,17+;;/m0../s1. The minimum Gasteiger partial charge on any atom is -0.497 e. The van der Waals surface area contributed by atoms with Crippen molar-refractivity contribution in [2.75, 3.05) is 19.1 Å². The predicted molar refractivity (Wildman–Crippen MR) is 102 cm³/mol. The molecular formula is C22H23FeNO3+2. The molecule has 3 fully saturated rings. The first-order valence-electron chi connectivity index (χ1n) is 8.53. The summed E-state index contributed by atoms with van der Waals surface area (Å²) in [6.45, 7) is 1.84. The van der Waals surface area contributed by atoms with Crippen LogP contribution in [0.2, 0.25) is 0 Å². The molecule has 0 unspecified atom stereocenters. The number of hydrogen-bond donors (Lipinski definition) is 0. The second-order valence-electron chi connectivity index (χ2n) is 6.27. The monoisotopic (exact) mass is 405 g/mol. The summed E-state index contributed by atoms with van der Waals surface area (Å²) in [6.07, 6.45) is 18.0. The van der Waals surface area contributed by atoms with Gasteiger partial charge in [-0.05, 0) is 89.0 Å². The molecule has 5 heteroatoms. The molecule has 1 aliphatic heterocycles. The van der Waals surface area contributed by atoms with Crippen LogP contribution >= 0.6 is 0 Å². The third-order valence-electron chi connectivity index (χ3n) is 4.76. The van der Waals surface area contributed by atoms with E-state index in [1.165, 1.54) is 0 Å². The number of carbonyl (C=O) groups excluding carboxylic acids is 1. The van der Waals surface area contributed by atoms with Gasteiger partial charge in [-0.1, -0.05) is 0 Å². The Kier molecular flexibility index (Phi) is 8.20. The number of nitrogens with zero attached hydrogens (tertiary/aromatic N) is 1. The Balaban J connectivity index is 0.000000379. The normalized spacial score (nSPS) is 27.4. The second-order valence-corrected chi connectivity index (χ2v) is 6.27. The van der Waals surface area contributed by atoms with Gasteiger partial charge in [0.05, 0.1) is 13.2 Å². The molecule has 0 spiro atoms. The minimum absolute atomic E-state index is 0. The van der Waals surface area contributed by atoms with E-state index in [1.807, 2.05) is 89.0 Å². The summed E-state index contributed by atoms with van der Waals surface area (Å²) in [5, 5.41) is 0. The van der Waals surface area contributed by atoms with E-state index in [2.05, 4.69) is 0 Å². The van der Waals surface area contributed by atoms with Crippen LogP contribution in [0.15, 0.2) is 24.3 Å². The van der Waals surface area contributed by atoms with Crippen LogP contribution in [0.25, 0.3) is 0 Å². The molecule has 2 saturated carbocycles. The van der Waals surface area contributed by atoms with Crippen LogP contribution in [0, 0.1) is 63.7 Å². The van der Waals surface area contributed by atoms with Gasteiger partial charge < -0.3 is 14.4 Å². The van der Waals surface area contributed by atoms with Crippen molar-refractivity contribution in [3.8, 4) is 5.75 Å². The molecule has 3 aliphatic rings. The van der Waals surface area contributed by atoms with Crippen LogP contribution in [0.3, 0.4) is 0 Å². The molecule has 10 radical (unpaired) electrons. The SMILES string of the molecule is COc1ccc(N2C(=O)[C@](C)(OC)[C@@H]2[C]2[CH][CH][CH][CH]2)cc1.[CH]1[CH][CH][CH][CH]1.[Fe+2]. The smallest absolute Gasteiger partial charge is 0.497 e. The molecule has 1 heterocycles. The van der Waals surface area contributed by atoms with Crippen LogP contribution in [0.1, 0.15) is 6.92 Å². The van der Waals surface area contributed by atoms with Crippen molar-refractivity contribution in [2.24, 2.45) is 0 Å². The van der Waals surface area contributed by atoms with E-state index in [1.54, 1.807) is 19.1 Å². The molecule has 1 amide bonds. The summed E-state index contributed by atoms with van der Waals surface area (Å²) in [6, 6.07) is 7.38. The van der Waals surface area contributed by atoms with Crippen molar-refractivity contribution >= 4 is 11.6 Å². The first-order chi connectivity index (χ1) is 12.6. The molecule has 0 aromatic heterocycles. The molecule has 2 atom stereocenters. The topological polar surface area (TPSA) is 38.8 Å². The summed E-state index contributed by atoms with van der Waals surface area (Å²) in [5.41, 5.74) is 0.0374. The van der Waals surface area contributed by atoms with E-state index in [0.29, 0.717) is 0 Å². The van der Waals surface area contributed by atoms with Crippen molar-refractivity contribution in [1.82, 2.24) is 0 Å². The number of benzene rings is 1. The number of amides is 1. The van der Waals surface area contributed by atoms with Gasteiger partial charge in [-0.2, -0.15) is 0 Å². The van der Waals surface area contributed by atoms with Crippen molar-refractivity contribution in [1.29, 1.82) is 0 Å². The van der Waals surface area contributed by atoms with Gasteiger partial charge in [0, 0.05) is 18.7 Å². The predicted octanol–water partition coefficient (Wildman–Crippen LogP) is 3.24. The molecule has 0 bridgehead atoms. The number of β-lactam (4-membered cyclic amide) rings is 1. The van der Waals surface area contributed by atoms with Gasteiger partial charge in [0.15, 0.2) is 5.60 Å². The Labute approximate surface area is 174 Å². The van der Waals surface area contributed by atoms with E-state index in [4.69, 9.17) is 9.47 Å². The average Bonchev–Trinajstić information content (AvgIpc) is 3.41. The van der Waals surface area contributed by atoms with E-state index in [-0.39, 0.29) is 29.0 Å². The zero-order valence-corrected chi connectivity index (χ0v) is 16.7. The van der Waals surface area contributed by atoms with Crippen LogP contribution in [-0.4, -0.2) is 31.8 Å². The summed E-state index contributed by atoms with van der Waals surface area (Å²) in [5.74, 6) is 1.82. The number of anilines is 1. The van der Waals surface area contributed by atoms with Crippen molar-refractivity contribution in [3.63, 3.8) is 0 Å². The number of rotatable bonds is 4. The molecule has 1 aromatic carbocycles. The quantitative estimate of drug-likeness (QED) is 0.571. The Bertz CT molecular complexity index is 588. The third-order valence-corrected chi connectivity index (χ3v) is 4.76. The molecule has 4 nitrogen and oxygen atoms in total. The van der Waals surface area contributed by atoms with E-state index >= 15 is 0 Å². The number of methoxy groups -OCH3 is 2. The zero-order valence-electron chi connectivity index (χ0n) is 15.6. The largest absolute Gasteiger partial charge is 2.00 e. The zero-order chi connectivity index (χ0) is 18.6. The van der Waals surface area contributed by atoms with Gasteiger partial charge >= 0.3 is 17.1 Å². The van der Waals surface area contributed by atoms with Gasteiger partial charge in [-0.3, -0.25) is 4.79 Å². The van der Waals surface area contributed by atoms with Crippen LogP contribution < -0.4 is 9.64 Å². The maximum absolute atomic E-state index is 12.5. The number of carbonyl (C=O) groups is 1. The molecule has 4 rings (SSSR count). The average molecular weight is 405 g/mol. The Morgan fingerprint density at radius 3 is 1.85 bits per heavy atom. The van der Waals surface area contributed by atoms with E-state index in [0.717, 1.165) is 17.4 Å². The van der Waals surface area contributed by atoms with Gasteiger partial charge in [0.1, 0.15) is 5.75 Å². The first kappa shape index (κ1) is 22.3. The fraction of sp³-hybridized carbons (Fsp3) is 0.227. The first-order valence-corrected chi connectivity index (χ1v) is 8.53. The molecule has 140 valence electrons. The maximum atomic E-state index is 12.5. The van der Waals surface area contributed by atoms with Gasteiger partial charge in [-0.15, -0.1) is 0 Å². The van der Waals surface area contributed by atoms with Crippen LogP contribution in [0.5, 0.6) is 5.75 Å². The van der Waals surface area contributed by atoms with Crippen LogP contribution in [0.4, 0.5) is 5.69 Å². The number of hydrogen-bond acceptors (Lipinski definition) is 3. The third kappa shape index (κ3) is 4.52. The van der Waals surface area contributed by atoms with Gasteiger partial charge in [-0.25, -0.2) is 0 Å². The summed E-state index contributed by atoms with van der Waals surface area (Å²) in [7, 11) is 3.21. The molecule has 27 heavy (non-hydrogen) atoms. The van der Waals surface area contributed by atoms with Crippen molar-refractivity contribution in [3.05, 3.63) is 88.0 Å². The molecular weight excluding hydrogens is 382 g/mol. The maximum Gasteiger partial charge on any atom is 2.00 e.